The van der Waals surface area contributed by atoms with E-state index in [4.69, 9.17) is 31.0 Å². The number of halogens is 1. The Labute approximate surface area is 347 Å². The normalized spacial score (nSPS) is 21.1. The van der Waals surface area contributed by atoms with Crippen molar-refractivity contribution >= 4 is 57.4 Å². The highest BCUT2D eigenvalue weighted by molar-refractivity contribution is 6.32. The second-order valence-electron chi connectivity index (χ2n) is 16.7. The Kier molecular flexibility index (Phi) is 11.0. The van der Waals surface area contributed by atoms with Gasteiger partial charge in [0.1, 0.15) is 23.7 Å². The van der Waals surface area contributed by atoms with Crippen LogP contribution < -0.4 is 10.6 Å². The van der Waals surface area contributed by atoms with Gasteiger partial charge in [0, 0.05) is 23.5 Å². The summed E-state index contributed by atoms with van der Waals surface area (Å²) >= 11 is 6.81. The van der Waals surface area contributed by atoms with Crippen LogP contribution in [-0.2, 0) is 19.1 Å². The topological polar surface area (TPSA) is 175 Å². The summed E-state index contributed by atoms with van der Waals surface area (Å²) in [5.41, 5.74) is 5.37. The molecule has 3 aliphatic rings. The third-order valence-electron chi connectivity index (χ3n) is 12.4. The quantitative estimate of drug-likeness (QED) is 0.110. The molecule has 1 saturated carbocycles. The van der Waals surface area contributed by atoms with Gasteiger partial charge in [-0.1, -0.05) is 81.8 Å². The van der Waals surface area contributed by atoms with Crippen molar-refractivity contribution in [2.45, 2.75) is 90.0 Å². The zero-order chi connectivity index (χ0) is 41.7. The minimum atomic E-state index is -0.721. The van der Waals surface area contributed by atoms with Crippen molar-refractivity contribution in [1.29, 1.82) is 0 Å². The van der Waals surface area contributed by atoms with E-state index in [0.29, 0.717) is 23.2 Å². The second kappa shape index (κ2) is 16.2. The number of carbonyl (C=O) groups is 4. The van der Waals surface area contributed by atoms with Crippen molar-refractivity contribution in [3.05, 3.63) is 71.4 Å². The number of rotatable bonds is 10. The zero-order valence-electron chi connectivity index (χ0n) is 34.2. The number of alkyl carbamates (subject to hydrolysis) is 2. The van der Waals surface area contributed by atoms with Gasteiger partial charge in [-0.2, -0.15) is 0 Å². The summed E-state index contributed by atoms with van der Waals surface area (Å²) in [6.07, 6.45) is 3.15. The van der Waals surface area contributed by atoms with E-state index in [1.165, 1.54) is 14.2 Å². The van der Waals surface area contributed by atoms with Crippen LogP contribution in [0.2, 0.25) is 5.15 Å². The van der Waals surface area contributed by atoms with E-state index in [2.05, 4.69) is 57.0 Å². The number of methoxy groups -OCH3 is 2. The predicted octanol–water partition coefficient (Wildman–Crippen LogP) is 7.90. The first kappa shape index (κ1) is 40.2. The maximum absolute atomic E-state index is 14.0. The van der Waals surface area contributed by atoms with Gasteiger partial charge in [-0.3, -0.25) is 9.59 Å². The Morgan fingerprint density at radius 1 is 0.780 bits per heavy atom. The molecule has 6 atom stereocenters. The van der Waals surface area contributed by atoms with E-state index in [9.17, 15) is 19.2 Å². The lowest BCUT2D eigenvalue weighted by Crippen LogP contribution is -2.54. The molecule has 2 bridgehead atoms. The number of amides is 4. The van der Waals surface area contributed by atoms with Gasteiger partial charge in [0.25, 0.3) is 0 Å². The lowest BCUT2D eigenvalue weighted by atomic mass is 9.95. The number of piperidine rings is 1. The maximum Gasteiger partial charge on any atom is 0.407 e. The number of aromatic nitrogens is 4. The number of nitrogens with one attached hydrogen (secondary N) is 4. The minimum absolute atomic E-state index is 0.0763. The molecule has 8 rings (SSSR count). The lowest BCUT2D eigenvalue weighted by Gasteiger charge is -2.37. The monoisotopic (exact) mass is 822 g/mol. The molecule has 3 aromatic carbocycles. The smallest absolute Gasteiger partial charge is 0.407 e. The highest BCUT2D eigenvalue weighted by Crippen LogP contribution is 2.50. The molecule has 0 spiro atoms. The molecule has 59 heavy (non-hydrogen) atoms. The van der Waals surface area contributed by atoms with Crippen LogP contribution in [0.15, 0.2) is 54.6 Å². The van der Waals surface area contributed by atoms with Gasteiger partial charge in [-0.25, -0.2) is 19.6 Å². The van der Waals surface area contributed by atoms with E-state index in [0.717, 1.165) is 76.4 Å². The highest BCUT2D eigenvalue weighted by atomic mass is 35.5. The Hall–Kier alpha value is -5.63. The SMILES string of the molecule is COC(=O)N[C@H](C(=O)N1CCC[C@H]1c1nc2ccc3cc(-c4ccc(-c5[nH]c([C@@H]6[C@H]7CC[C@H](C7)N6C(=O)[C@@H](NC(=O)OC)C(C)C)nc5Cl)cc4)ccc3c2[nH]1)C(C)C. The van der Waals surface area contributed by atoms with Gasteiger partial charge >= 0.3 is 12.2 Å². The molecule has 2 aromatic heterocycles. The van der Waals surface area contributed by atoms with Crippen molar-refractivity contribution in [3.8, 4) is 22.4 Å². The average Bonchev–Trinajstić information content (AvgIpc) is 4.09. The molecule has 15 heteroatoms. The Bertz CT molecular complexity index is 2410. The summed E-state index contributed by atoms with van der Waals surface area (Å²) in [5, 5.41) is 7.86. The first-order valence-electron chi connectivity index (χ1n) is 20.5. The predicted molar refractivity (Wildman–Crippen MR) is 224 cm³/mol. The number of fused-ring (bicyclic) bond motifs is 5. The molecule has 0 unspecified atom stereocenters. The molecule has 0 radical (unpaired) electrons. The number of carbonyl (C=O) groups excluding carboxylic acids is 4. The Morgan fingerprint density at radius 2 is 1.44 bits per heavy atom. The third-order valence-corrected chi connectivity index (χ3v) is 12.7. The van der Waals surface area contributed by atoms with Crippen LogP contribution in [0.4, 0.5) is 9.59 Å². The molecule has 4 N–H and O–H groups in total. The maximum atomic E-state index is 14.0. The van der Waals surface area contributed by atoms with Crippen molar-refractivity contribution in [2.24, 2.45) is 17.8 Å². The fourth-order valence-corrected chi connectivity index (χ4v) is 9.65. The number of likely N-dealkylation sites (tertiary alicyclic amines) is 2. The fraction of sp³-hybridized carbons (Fsp3) is 0.455. The second-order valence-corrected chi connectivity index (χ2v) is 17.1. The molecule has 1 aliphatic carbocycles. The number of aromatic amines is 2. The molecule has 2 aliphatic heterocycles. The fourth-order valence-electron chi connectivity index (χ4n) is 9.41. The number of H-pyrrole nitrogens is 2. The van der Waals surface area contributed by atoms with Crippen molar-refractivity contribution in [2.75, 3.05) is 20.8 Å². The lowest BCUT2D eigenvalue weighted by molar-refractivity contribution is -0.139. The summed E-state index contributed by atoms with van der Waals surface area (Å²) in [7, 11) is 2.59. The van der Waals surface area contributed by atoms with Crippen molar-refractivity contribution < 1.29 is 28.7 Å². The van der Waals surface area contributed by atoms with Crippen LogP contribution >= 0.6 is 11.6 Å². The van der Waals surface area contributed by atoms with Crippen LogP contribution in [0.3, 0.4) is 0 Å². The standard InChI is InChI=1S/C44H51ClN8O6/c1-22(2)33(49-43(56)58-5)41(54)52-19-7-8-32(52)39-46-31-18-15-27-20-26(14-17-30(27)36(31)48-39)24-9-11-25(12-10-24)35-38(45)51-40(47-35)37-28-13-16-29(21-28)53(37)42(55)34(23(3)4)50-44(57)59-6/h9-12,14-15,17-18,20,22-23,28-29,32-34,37H,7-8,13,16,19,21H2,1-6H3,(H,46,48)(H,47,51)(H,49,56)(H,50,57)/t28-,29+,32-,33-,34-,37-/m0/s1. The molecule has 4 heterocycles. The van der Waals surface area contributed by atoms with Crippen LogP contribution in [0.5, 0.6) is 0 Å². The molecule has 3 fully saturated rings. The average molecular weight is 823 g/mol. The van der Waals surface area contributed by atoms with Gasteiger partial charge in [0.2, 0.25) is 11.8 Å². The van der Waals surface area contributed by atoms with E-state index >= 15 is 0 Å². The number of hydrogen-bond acceptors (Lipinski definition) is 8. The number of imidazole rings is 2. The number of nitrogens with zero attached hydrogens (tertiary/aromatic N) is 4. The van der Waals surface area contributed by atoms with E-state index in [1.807, 2.05) is 55.7 Å². The largest absolute Gasteiger partial charge is 0.453 e. The Balaban J connectivity index is 1.01. The summed E-state index contributed by atoms with van der Waals surface area (Å²) in [6, 6.07) is 16.7. The number of benzene rings is 3. The van der Waals surface area contributed by atoms with E-state index in [-0.39, 0.29) is 47.7 Å². The van der Waals surface area contributed by atoms with Crippen LogP contribution in [0.25, 0.3) is 44.2 Å². The molecular weight excluding hydrogens is 772 g/mol. The minimum Gasteiger partial charge on any atom is -0.453 e. The number of hydrogen-bond donors (Lipinski definition) is 4. The number of ether oxygens (including phenoxy) is 2. The van der Waals surface area contributed by atoms with Gasteiger partial charge in [-0.15, -0.1) is 0 Å². The summed E-state index contributed by atoms with van der Waals surface area (Å²) in [5.74, 6) is 1.10. The van der Waals surface area contributed by atoms with Crippen molar-refractivity contribution in [3.63, 3.8) is 0 Å². The molecule has 4 amide bonds. The van der Waals surface area contributed by atoms with Gasteiger partial charge in [-0.05, 0) is 78.5 Å². The van der Waals surface area contributed by atoms with Gasteiger partial charge in [0.15, 0.2) is 5.15 Å². The molecular formula is C44H51ClN8O6. The molecule has 5 aromatic rings. The van der Waals surface area contributed by atoms with Gasteiger partial charge in [0.05, 0.1) is 43.0 Å². The van der Waals surface area contributed by atoms with Crippen LogP contribution in [0.1, 0.15) is 83.5 Å². The van der Waals surface area contributed by atoms with E-state index in [1.54, 1.807) is 0 Å². The van der Waals surface area contributed by atoms with Gasteiger partial charge < -0.3 is 39.9 Å². The molecule has 14 nitrogen and oxygen atoms in total. The summed E-state index contributed by atoms with van der Waals surface area (Å²) in [6.45, 7) is 8.21. The highest BCUT2D eigenvalue weighted by Gasteiger charge is 2.51. The summed E-state index contributed by atoms with van der Waals surface area (Å²) in [4.78, 5) is 72.4. The third kappa shape index (κ3) is 7.47. The zero-order valence-corrected chi connectivity index (χ0v) is 34.9. The molecule has 2 saturated heterocycles. The summed E-state index contributed by atoms with van der Waals surface area (Å²) < 4.78 is 9.61. The van der Waals surface area contributed by atoms with Crippen LogP contribution in [-0.4, -0.2) is 92.6 Å². The van der Waals surface area contributed by atoms with E-state index < -0.39 is 24.3 Å². The van der Waals surface area contributed by atoms with Crippen molar-refractivity contribution in [1.82, 2.24) is 40.4 Å². The van der Waals surface area contributed by atoms with Crippen LogP contribution in [0, 0.1) is 17.8 Å². The Morgan fingerprint density at radius 3 is 2.12 bits per heavy atom. The molecule has 310 valence electrons. The first-order valence-corrected chi connectivity index (χ1v) is 20.8. The first-order chi connectivity index (χ1) is 28.4.